The van der Waals surface area contributed by atoms with E-state index in [4.69, 9.17) is 0 Å². The van der Waals surface area contributed by atoms with Gasteiger partial charge in [-0.05, 0) is 26.7 Å². The van der Waals surface area contributed by atoms with Crippen LogP contribution in [0.3, 0.4) is 0 Å². The summed E-state index contributed by atoms with van der Waals surface area (Å²) in [6, 6.07) is 0. The van der Waals surface area contributed by atoms with Gasteiger partial charge in [-0.25, -0.2) is 0 Å². The Kier molecular flexibility index (Phi) is 19.3. The van der Waals surface area contributed by atoms with Crippen molar-refractivity contribution in [1.82, 2.24) is 0 Å². The van der Waals surface area contributed by atoms with E-state index in [1.54, 1.807) is 0 Å². The molecule has 0 saturated heterocycles. The molecular formula is C10H20. The normalized spacial score (nSPS) is 10.0. The van der Waals surface area contributed by atoms with Gasteiger partial charge in [-0.2, -0.15) is 0 Å². The van der Waals surface area contributed by atoms with Crippen LogP contribution in [0.25, 0.3) is 0 Å². The molecule has 0 nitrogen and oxygen atoms in total. The largest absolute Gasteiger partial charge is 0.0917 e. The summed E-state index contributed by atoms with van der Waals surface area (Å²) in [4.78, 5) is 0. The summed E-state index contributed by atoms with van der Waals surface area (Å²) >= 11 is 0. The fourth-order valence-electron chi connectivity index (χ4n) is 0.471. The van der Waals surface area contributed by atoms with Gasteiger partial charge in [0.15, 0.2) is 0 Å². The summed E-state index contributed by atoms with van der Waals surface area (Å²) in [7, 11) is 0. The number of rotatable bonds is 2. The third-order valence-electron chi connectivity index (χ3n) is 0.943. The molecule has 0 fully saturated rings. The Balaban J connectivity index is 0. The zero-order valence-electron chi connectivity index (χ0n) is 7.72. The third-order valence-corrected chi connectivity index (χ3v) is 0.943. The van der Waals surface area contributed by atoms with Crippen LogP contribution in [0.4, 0.5) is 0 Å². The SMILES string of the molecule is C/C=C/CC.C/C=C/CC. The highest BCUT2D eigenvalue weighted by Gasteiger charge is 1.52. The molecule has 0 amide bonds. The summed E-state index contributed by atoms with van der Waals surface area (Å²) in [5.74, 6) is 0. The molecule has 0 aromatic heterocycles. The molecule has 60 valence electrons. The summed E-state index contributed by atoms with van der Waals surface area (Å²) in [6.07, 6.45) is 10.7. The van der Waals surface area contributed by atoms with Crippen molar-refractivity contribution in [2.24, 2.45) is 0 Å². The smallest absolute Gasteiger partial charge is 0.0379 e. The van der Waals surface area contributed by atoms with Crippen LogP contribution >= 0.6 is 0 Å². The zero-order chi connectivity index (χ0) is 8.24. The second-order valence-corrected chi connectivity index (χ2v) is 1.95. The maximum absolute atomic E-state index is 2.12. The molecule has 0 unspecified atom stereocenters. The lowest BCUT2D eigenvalue weighted by atomic mass is 10.4. The Labute approximate surface area is 65.7 Å². The van der Waals surface area contributed by atoms with Crippen LogP contribution in [0.2, 0.25) is 0 Å². The first kappa shape index (κ1) is 12.2. The van der Waals surface area contributed by atoms with Crippen molar-refractivity contribution in [3.05, 3.63) is 24.3 Å². The van der Waals surface area contributed by atoms with Crippen molar-refractivity contribution in [3.8, 4) is 0 Å². The lowest BCUT2D eigenvalue weighted by molar-refractivity contribution is 1.22. The van der Waals surface area contributed by atoms with E-state index in [1.165, 1.54) is 0 Å². The predicted molar refractivity (Wildman–Crippen MR) is 50.2 cm³/mol. The molecule has 0 aliphatic rings. The lowest BCUT2D eigenvalue weighted by Crippen LogP contribution is -1.43. The summed E-state index contributed by atoms with van der Waals surface area (Å²) in [5.41, 5.74) is 0. The van der Waals surface area contributed by atoms with Crippen LogP contribution in [0.15, 0.2) is 24.3 Å². The van der Waals surface area contributed by atoms with E-state index in [9.17, 15) is 0 Å². The van der Waals surface area contributed by atoms with Crippen LogP contribution in [0.5, 0.6) is 0 Å². The molecule has 0 heterocycles. The van der Waals surface area contributed by atoms with Gasteiger partial charge in [0.05, 0.1) is 0 Å². The van der Waals surface area contributed by atoms with E-state index >= 15 is 0 Å². The summed E-state index contributed by atoms with van der Waals surface area (Å²) < 4.78 is 0. The lowest BCUT2D eigenvalue weighted by Gasteiger charge is -1.65. The highest BCUT2D eigenvalue weighted by molar-refractivity contribution is 4.73. The second kappa shape index (κ2) is 15.8. The monoisotopic (exact) mass is 140 g/mol. The number of hydrogen-bond acceptors (Lipinski definition) is 0. The molecule has 0 aliphatic carbocycles. The van der Waals surface area contributed by atoms with E-state index in [2.05, 4.69) is 38.2 Å². The Hall–Kier alpha value is -0.520. The van der Waals surface area contributed by atoms with Gasteiger partial charge in [0.1, 0.15) is 0 Å². The molecule has 10 heavy (non-hydrogen) atoms. The highest BCUT2D eigenvalue weighted by Crippen LogP contribution is 1.74. The Morgan fingerprint density at radius 2 is 1.10 bits per heavy atom. The van der Waals surface area contributed by atoms with Gasteiger partial charge < -0.3 is 0 Å². The van der Waals surface area contributed by atoms with Crippen molar-refractivity contribution < 1.29 is 0 Å². The van der Waals surface area contributed by atoms with Crippen LogP contribution in [-0.2, 0) is 0 Å². The first-order valence-corrected chi connectivity index (χ1v) is 4.05. The summed E-state index contributed by atoms with van der Waals surface area (Å²) in [5, 5.41) is 0. The van der Waals surface area contributed by atoms with E-state index < -0.39 is 0 Å². The quantitative estimate of drug-likeness (QED) is 0.509. The third kappa shape index (κ3) is 25.9. The molecule has 0 spiro atoms. The molecule has 0 atom stereocenters. The Morgan fingerprint density at radius 1 is 0.800 bits per heavy atom. The average Bonchev–Trinajstić information content (AvgIpc) is 1.93. The molecular weight excluding hydrogens is 120 g/mol. The Bertz CT molecular complexity index is 66.0. The van der Waals surface area contributed by atoms with Gasteiger partial charge in [-0.3, -0.25) is 0 Å². The fraction of sp³-hybridized carbons (Fsp3) is 0.600. The molecule has 0 bridgehead atoms. The van der Waals surface area contributed by atoms with Gasteiger partial charge in [0.2, 0.25) is 0 Å². The predicted octanol–water partition coefficient (Wildman–Crippen LogP) is 3.95. The number of allylic oxidation sites excluding steroid dienone is 4. The molecule has 0 rings (SSSR count). The maximum atomic E-state index is 2.12. The topological polar surface area (TPSA) is 0 Å². The van der Waals surface area contributed by atoms with Crippen LogP contribution in [0.1, 0.15) is 40.5 Å². The van der Waals surface area contributed by atoms with Crippen LogP contribution < -0.4 is 0 Å². The highest BCUT2D eigenvalue weighted by atomic mass is 13.6. The minimum absolute atomic E-state index is 1.16. The number of hydrogen-bond donors (Lipinski definition) is 0. The van der Waals surface area contributed by atoms with Gasteiger partial charge >= 0.3 is 0 Å². The average molecular weight is 140 g/mol. The standard InChI is InChI=1S/2C5H10/c2*1-3-5-4-2/h2*3,5H,4H2,1-2H3/b2*5-3+. The van der Waals surface area contributed by atoms with Crippen LogP contribution in [-0.4, -0.2) is 0 Å². The Morgan fingerprint density at radius 3 is 1.10 bits per heavy atom. The molecule has 0 N–H and O–H groups in total. The maximum Gasteiger partial charge on any atom is -0.0379 e. The van der Waals surface area contributed by atoms with E-state index in [0.29, 0.717) is 0 Å². The minimum atomic E-state index is 1.16. The van der Waals surface area contributed by atoms with Crippen molar-refractivity contribution >= 4 is 0 Å². The molecule has 0 aromatic rings. The molecule has 0 radical (unpaired) electrons. The fourth-order valence-corrected chi connectivity index (χ4v) is 0.471. The van der Waals surface area contributed by atoms with Gasteiger partial charge in [-0.15, -0.1) is 0 Å². The first-order chi connectivity index (χ1) is 4.83. The van der Waals surface area contributed by atoms with Crippen molar-refractivity contribution in [2.45, 2.75) is 40.5 Å². The van der Waals surface area contributed by atoms with Crippen LogP contribution in [0, 0.1) is 0 Å². The minimum Gasteiger partial charge on any atom is -0.0917 e. The molecule has 0 saturated carbocycles. The zero-order valence-corrected chi connectivity index (χ0v) is 7.72. The molecule has 0 aliphatic heterocycles. The van der Waals surface area contributed by atoms with Crippen molar-refractivity contribution in [3.63, 3.8) is 0 Å². The van der Waals surface area contributed by atoms with E-state index in [-0.39, 0.29) is 0 Å². The second-order valence-electron chi connectivity index (χ2n) is 1.95. The molecule has 0 heteroatoms. The molecule has 0 aromatic carbocycles. The van der Waals surface area contributed by atoms with Gasteiger partial charge in [0, 0.05) is 0 Å². The van der Waals surface area contributed by atoms with Gasteiger partial charge in [0.25, 0.3) is 0 Å². The van der Waals surface area contributed by atoms with Crippen molar-refractivity contribution in [1.29, 1.82) is 0 Å². The van der Waals surface area contributed by atoms with Gasteiger partial charge in [-0.1, -0.05) is 38.2 Å². The van der Waals surface area contributed by atoms with E-state index in [1.807, 2.05) is 13.8 Å². The summed E-state index contributed by atoms with van der Waals surface area (Å²) in [6.45, 7) is 8.31. The van der Waals surface area contributed by atoms with E-state index in [0.717, 1.165) is 12.8 Å². The first-order valence-electron chi connectivity index (χ1n) is 4.05. The van der Waals surface area contributed by atoms with Crippen molar-refractivity contribution in [2.75, 3.05) is 0 Å².